The lowest BCUT2D eigenvalue weighted by Crippen LogP contribution is -1.78. The second kappa shape index (κ2) is 4.76. The smallest absolute Gasteiger partial charge is 0.136 e. The Kier molecular flexibility index (Phi) is 3.15. The molecule has 2 rings (SSSR count). The van der Waals surface area contributed by atoms with Crippen molar-refractivity contribution in [2.24, 2.45) is 0 Å². The van der Waals surface area contributed by atoms with Gasteiger partial charge in [-0.2, -0.15) is 0 Å². The van der Waals surface area contributed by atoms with Crippen LogP contribution >= 0.6 is 11.6 Å². The molecular weight excluding hydrogens is 206 g/mol. The topological polar surface area (TPSA) is 12.9 Å². The van der Waals surface area contributed by atoms with Crippen LogP contribution in [0.5, 0.6) is 0 Å². The number of hydrogen-bond donors (Lipinski definition) is 0. The molecule has 0 atom stereocenters. The lowest BCUT2D eigenvalue weighted by atomic mass is 10.2. The summed E-state index contributed by atoms with van der Waals surface area (Å²) in [7, 11) is 0. The molecule has 0 saturated carbocycles. The standard InChI is InChI=1S/C13H10ClN/c14-13-12(7-4-10-15-13)9-8-11-5-2-1-3-6-11/h1-10H. The molecule has 0 unspecified atom stereocenters. The van der Waals surface area contributed by atoms with Crippen LogP contribution in [-0.2, 0) is 0 Å². The van der Waals surface area contributed by atoms with Crippen molar-refractivity contribution in [2.75, 3.05) is 0 Å². The van der Waals surface area contributed by atoms with Crippen LogP contribution in [0.2, 0.25) is 5.15 Å². The van der Waals surface area contributed by atoms with E-state index in [0.717, 1.165) is 11.1 Å². The first-order chi connectivity index (χ1) is 7.36. The molecule has 0 aliphatic carbocycles. The van der Waals surface area contributed by atoms with Gasteiger partial charge in [0.05, 0.1) is 0 Å². The van der Waals surface area contributed by atoms with Crippen LogP contribution in [0.25, 0.3) is 12.2 Å². The van der Waals surface area contributed by atoms with Crippen LogP contribution in [0.4, 0.5) is 0 Å². The third-order valence-corrected chi connectivity index (χ3v) is 2.36. The van der Waals surface area contributed by atoms with E-state index in [9.17, 15) is 0 Å². The number of rotatable bonds is 2. The Morgan fingerprint density at radius 3 is 2.47 bits per heavy atom. The predicted molar refractivity (Wildman–Crippen MR) is 64.6 cm³/mol. The van der Waals surface area contributed by atoms with Crippen molar-refractivity contribution >= 4 is 23.8 Å². The Bertz CT molecular complexity index is 463. The predicted octanol–water partition coefficient (Wildman–Crippen LogP) is 3.91. The highest BCUT2D eigenvalue weighted by Crippen LogP contribution is 2.14. The number of halogens is 1. The van der Waals surface area contributed by atoms with Gasteiger partial charge in [0.2, 0.25) is 0 Å². The molecule has 1 aromatic heterocycles. The molecule has 15 heavy (non-hydrogen) atoms. The minimum absolute atomic E-state index is 0.532. The fraction of sp³-hybridized carbons (Fsp3) is 0. The van der Waals surface area contributed by atoms with E-state index >= 15 is 0 Å². The van der Waals surface area contributed by atoms with Gasteiger partial charge in [0.25, 0.3) is 0 Å². The van der Waals surface area contributed by atoms with Gasteiger partial charge >= 0.3 is 0 Å². The molecule has 0 bridgehead atoms. The van der Waals surface area contributed by atoms with Crippen molar-refractivity contribution in [1.29, 1.82) is 0 Å². The summed E-state index contributed by atoms with van der Waals surface area (Å²) >= 11 is 5.93. The van der Waals surface area contributed by atoms with Crippen molar-refractivity contribution in [2.45, 2.75) is 0 Å². The van der Waals surface area contributed by atoms with Crippen LogP contribution in [0, 0.1) is 0 Å². The highest BCUT2D eigenvalue weighted by atomic mass is 35.5. The molecule has 0 fully saturated rings. The zero-order chi connectivity index (χ0) is 10.5. The van der Waals surface area contributed by atoms with Gasteiger partial charge in [0.1, 0.15) is 5.15 Å². The van der Waals surface area contributed by atoms with Crippen molar-refractivity contribution in [3.63, 3.8) is 0 Å². The van der Waals surface area contributed by atoms with Gasteiger partial charge in [-0.1, -0.05) is 60.2 Å². The van der Waals surface area contributed by atoms with E-state index in [1.165, 1.54) is 0 Å². The molecule has 1 heterocycles. The zero-order valence-corrected chi connectivity index (χ0v) is 8.85. The van der Waals surface area contributed by atoms with Gasteiger partial charge in [0, 0.05) is 11.8 Å². The number of nitrogens with zero attached hydrogens (tertiary/aromatic N) is 1. The lowest BCUT2D eigenvalue weighted by Gasteiger charge is -1.95. The third-order valence-electron chi connectivity index (χ3n) is 2.04. The van der Waals surface area contributed by atoms with E-state index in [1.807, 2.05) is 54.6 Å². The average Bonchev–Trinajstić information content (AvgIpc) is 2.29. The van der Waals surface area contributed by atoms with Gasteiger partial charge in [-0.05, 0) is 11.6 Å². The zero-order valence-electron chi connectivity index (χ0n) is 8.10. The maximum atomic E-state index is 5.93. The molecule has 0 amide bonds. The number of hydrogen-bond acceptors (Lipinski definition) is 1. The summed E-state index contributed by atoms with van der Waals surface area (Å²) in [6.07, 6.45) is 5.66. The highest BCUT2D eigenvalue weighted by molar-refractivity contribution is 6.30. The first-order valence-electron chi connectivity index (χ1n) is 4.70. The molecule has 0 spiro atoms. The van der Waals surface area contributed by atoms with Gasteiger partial charge in [-0.3, -0.25) is 0 Å². The summed E-state index contributed by atoms with van der Waals surface area (Å²) in [5.41, 5.74) is 2.08. The molecule has 0 aliphatic heterocycles. The average molecular weight is 216 g/mol. The minimum Gasteiger partial charge on any atom is -0.244 e. The van der Waals surface area contributed by atoms with Gasteiger partial charge < -0.3 is 0 Å². The monoisotopic (exact) mass is 215 g/mol. The van der Waals surface area contributed by atoms with Crippen molar-refractivity contribution in [3.8, 4) is 0 Å². The third kappa shape index (κ3) is 2.67. The fourth-order valence-corrected chi connectivity index (χ4v) is 1.46. The summed E-state index contributed by atoms with van der Waals surface area (Å²) in [6.45, 7) is 0. The lowest BCUT2D eigenvalue weighted by molar-refractivity contribution is 1.32. The number of benzene rings is 1. The van der Waals surface area contributed by atoms with Crippen LogP contribution in [0.15, 0.2) is 48.7 Å². The van der Waals surface area contributed by atoms with Crippen molar-refractivity contribution < 1.29 is 0 Å². The Morgan fingerprint density at radius 1 is 0.933 bits per heavy atom. The van der Waals surface area contributed by atoms with E-state index in [2.05, 4.69) is 4.98 Å². The van der Waals surface area contributed by atoms with Crippen molar-refractivity contribution in [3.05, 3.63) is 64.9 Å². The highest BCUT2D eigenvalue weighted by Gasteiger charge is 1.94. The molecule has 0 radical (unpaired) electrons. The second-order valence-corrected chi connectivity index (χ2v) is 3.49. The molecular formula is C13H10ClN. The number of pyridine rings is 1. The second-order valence-electron chi connectivity index (χ2n) is 3.13. The Morgan fingerprint density at radius 2 is 1.73 bits per heavy atom. The van der Waals surface area contributed by atoms with Gasteiger partial charge in [-0.25, -0.2) is 4.98 Å². The SMILES string of the molecule is Clc1ncccc1C=Cc1ccccc1. The molecule has 0 N–H and O–H groups in total. The Balaban J connectivity index is 2.23. The molecule has 2 aromatic rings. The first-order valence-corrected chi connectivity index (χ1v) is 5.08. The Labute approximate surface area is 94.1 Å². The molecule has 0 aliphatic rings. The summed E-state index contributed by atoms with van der Waals surface area (Å²) in [4.78, 5) is 4.01. The molecule has 1 nitrogen and oxygen atoms in total. The van der Waals surface area contributed by atoms with Crippen LogP contribution in [-0.4, -0.2) is 4.98 Å². The van der Waals surface area contributed by atoms with Crippen LogP contribution < -0.4 is 0 Å². The molecule has 2 heteroatoms. The van der Waals surface area contributed by atoms with Gasteiger partial charge in [-0.15, -0.1) is 0 Å². The summed E-state index contributed by atoms with van der Waals surface area (Å²) < 4.78 is 0. The summed E-state index contributed by atoms with van der Waals surface area (Å²) in [5.74, 6) is 0. The summed E-state index contributed by atoms with van der Waals surface area (Å²) in [6, 6.07) is 13.9. The summed E-state index contributed by atoms with van der Waals surface area (Å²) in [5, 5.41) is 0.532. The largest absolute Gasteiger partial charge is 0.244 e. The quantitative estimate of drug-likeness (QED) is 0.693. The maximum Gasteiger partial charge on any atom is 0.136 e. The van der Waals surface area contributed by atoms with Gasteiger partial charge in [0.15, 0.2) is 0 Å². The van der Waals surface area contributed by atoms with Crippen LogP contribution in [0.1, 0.15) is 11.1 Å². The van der Waals surface area contributed by atoms with E-state index in [-0.39, 0.29) is 0 Å². The molecule has 1 aromatic carbocycles. The Hall–Kier alpha value is -1.60. The normalized spacial score (nSPS) is 10.7. The van der Waals surface area contributed by atoms with E-state index in [4.69, 9.17) is 11.6 Å². The van der Waals surface area contributed by atoms with E-state index in [0.29, 0.717) is 5.15 Å². The van der Waals surface area contributed by atoms with E-state index < -0.39 is 0 Å². The van der Waals surface area contributed by atoms with E-state index in [1.54, 1.807) is 6.20 Å². The molecule has 0 saturated heterocycles. The minimum atomic E-state index is 0.532. The first kappa shape index (κ1) is 9.94. The fourth-order valence-electron chi connectivity index (χ4n) is 1.27. The van der Waals surface area contributed by atoms with Crippen molar-refractivity contribution in [1.82, 2.24) is 4.98 Å². The number of aromatic nitrogens is 1. The molecule has 74 valence electrons. The van der Waals surface area contributed by atoms with Crippen LogP contribution in [0.3, 0.4) is 0 Å². The maximum absolute atomic E-state index is 5.93.